The van der Waals surface area contributed by atoms with Crippen LogP contribution >= 0.6 is 0 Å². The van der Waals surface area contributed by atoms with Gasteiger partial charge in [-0.25, -0.2) is 13.2 Å². The van der Waals surface area contributed by atoms with Crippen molar-refractivity contribution in [3.8, 4) is 0 Å². The van der Waals surface area contributed by atoms with Crippen LogP contribution in [0.15, 0.2) is 83.8 Å². The number of benzene rings is 3. The number of pyridine rings is 1. The molecule has 0 saturated heterocycles. The quantitative estimate of drug-likeness (QED) is 0.296. The van der Waals surface area contributed by atoms with Crippen molar-refractivity contribution in [2.75, 3.05) is 17.2 Å². The maximum Gasteiger partial charge on any atom is 0.263 e. The number of nitrogens with zero attached hydrogens (tertiary/aromatic N) is 1. The van der Waals surface area contributed by atoms with Gasteiger partial charge in [0.1, 0.15) is 11.4 Å². The minimum atomic E-state index is -1.05. The Bertz CT molecular complexity index is 1780. The van der Waals surface area contributed by atoms with Crippen LogP contribution in [-0.2, 0) is 16.1 Å². The predicted molar refractivity (Wildman–Crippen MR) is 146 cm³/mol. The smallest absolute Gasteiger partial charge is 0.263 e. The van der Waals surface area contributed by atoms with Crippen LogP contribution in [-0.4, -0.2) is 28.8 Å². The molecule has 8 nitrogen and oxygen atoms in total. The van der Waals surface area contributed by atoms with E-state index in [-0.39, 0.29) is 18.0 Å². The van der Waals surface area contributed by atoms with E-state index in [1.165, 1.54) is 53.2 Å². The molecule has 1 aliphatic rings. The lowest BCUT2D eigenvalue weighted by atomic mass is 10.0. The Hall–Kier alpha value is -5.45. The van der Waals surface area contributed by atoms with E-state index in [4.69, 9.17) is 0 Å². The van der Waals surface area contributed by atoms with Crippen molar-refractivity contribution >= 4 is 40.7 Å². The van der Waals surface area contributed by atoms with Crippen molar-refractivity contribution in [1.82, 2.24) is 9.88 Å². The van der Waals surface area contributed by atoms with Gasteiger partial charge >= 0.3 is 0 Å². The first-order valence-corrected chi connectivity index (χ1v) is 12.3. The molecule has 0 aliphatic carbocycles. The molecule has 4 aromatic rings. The minimum absolute atomic E-state index is 0.0923. The van der Waals surface area contributed by atoms with Gasteiger partial charge in [-0.05, 0) is 71.8 Å². The topological polar surface area (TPSA) is 109 Å². The molecule has 0 radical (unpaired) electrons. The van der Waals surface area contributed by atoms with Crippen molar-refractivity contribution in [1.29, 1.82) is 0 Å². The minimum Gasteiger partial charge on any atom is -0.343 e. The highest BCUT2D eigenvalue weighted by atomic mass is 19.2. The number of hydrogen-bond donors (Lipinski definition) is 3. The van der Waals surface area contributed by atoms with Crippen LogP contribution < -0.4 is 21.5 Å². The second-order valence-electron chi connectivity index (χ2n) is 9.16. The number of hydrogen-bond acceptors (Lipinski definition) is 4. The first kappa shape index (κ1) is 27.1. The molecule has 0 bridgehead atoms. The van der Waals surface area contributed by atoms with Gasteiger partial charge < -0.3 is 20.5 Å². The summed E-state index contributed by atoms with van der Waals surface area (Å²) in [4.78, 5) is 50.5. The average molecular weight is 559 g/mol. The van der Waals surface area contributed by atoms with E-state index in [1.54, 1.807) is 24.3 Å². The molecule has 206 valence electrons. The zero-order valence-corrected chi connectivity index (χ0v) is 21.2. The Kier molecular flexibility index (Phi) is 7.51. The molecule has 1 aliphatic heterocycles. The SMILES string of the molecule is O=C(CNC(=O)c1cccn(Cc2ccc(F)c(F)c2)c1=O)Nc1ccc2c(c1)/C(=C\c1ccc(F)cc1)C(=O)N2. The third-order valence-electron chi connectivity index (χ3n) is 6.28. The van der Waals surface area contributed by atoms with Crippen molar-refractivity contribution < 1.29 is 27.6 Å². The molecule has 0 unspecified atom stereocenters. The van der Waals surface area contributed by atoms with E-state index in [1.807, 2.05) is 0 Å². The number of amides is 3. The summed E-state index contributed by atoms with van der Waals surface area (Å²) in [5, 5.41) is 7.76. The highest BCUT2D eigenvalue weighted by Gasteiger charge is 2.24. The van der Waals surface area contributed by atoms with Crippen LogP contribution in [0, 0.1) is 17.5 Å². The second-order valence-corrected chi connectivity index (χ2v) is 9.16. The van der Waals surface area contributed by atoms with E-state index in [9.17, 15) is 32.3 Å². The number of nitrogens with one attached hydrogen (secondary N) is 3. The van der Waals surface area contributed by atoms with Gasteiger partial charge in [0.25, 0.3) is 17.4 Å². The fourth-order valence-corrected chi connectivity index (χ4v) is 4.26. The van der Waals surface area contributed by atoms with Gasteiger partial charge in [-0.2, -0.15) is 0 Å². The fraction of sp³-hybridized carbons (Fsp3) is 0.0667. The van der Waals surface area contributed by atoms with Crippen molar-refractivity contribution in [3.63, 3.8) is 0 Å². The fourth-order valence-electron chi connectivity index (χ4n) is 4.26. The standard InChI is InChI=1S/C30H21F3N4O4/c31-19-6-3-17(4-7-19)12-23-22-14-20(8-10-26(22)36-29(23)40)35-27(38)15-34-28(39)21-2-1-11-37(30(21)41)16-18-5-9-24(32)25(33)13-18/h1-14H,15-16H2,(H,34,39)(H,35,38)(H,36,40)/b23-12+. The summed E-state index contributed by atoms with van der Waals surface area (Å²) in [7, 11) is 0. The Balaban J connectivity index is 1.24. The van der Waals surface area contributed by atoms with Gasteiger partial charge in [0.05, 0.1) is 13.1 Å². The maximum atomic E-state index is 13.5. The number of rotatable bonds is 7. The third kappa shape index (κ3) is 6.09. The van der Waals surface area contributed by atoms with E-state index in [2.05, 4.69) is 16.0 Å². The third-order valence-corrected chi connectivity index (χ3v) is 6.28. The van der Waals surface area contributed by atoms with Crippen LogP contribution in [0.4, 0.5) is 24.5 Å². The van der Waals surface area contributed by atoms with Crippen molar-refractivity contribution in [2.24, 2.45) is 0 Å². The molecule has 0 saturated carbocycles. The normalized spacial score (nSPS) is 13.0. The first-order chi connectivity index (χ1) is 19.7. The summed E-state index contributed by atoms with van der Waals surface area (Å²) in [6.45, 7) is -0.548. The van der Waals surface area contributed by atoms with Crippen LogP contribution in [0.5, 0.6) is 0 Å². The highest BCUT2D eigenvalue weighted by Crippen LogP contribution is 2.35. The lowest BCUT2D eigenvalue weighted by Gasteiger charge is -2.10. The Morgan fingerprint density at radius 2 is 1.68 bits per heavy atom. The Morgan fingerprint density at radius 1 is 0.902 bits per heavy atom. The first-order valence-electron chi connectivity index (χ1n) is 12.3. The summed E-state index contributed by atoms with van der Waals surface area (Å²) in [5.74, 6) is -4.20. The van der Waals surface area contributed by atoms with Crippen LogP contribution in [0.3, 0.4) is 0 Å². The van der Waals surface area contributed by atoms with Crippen molar-refractivity contribution in [2.45, 2.75) is 6.54 Å². The molecular weight excluding hydrogens is 537 g/mol. The van der Waals surface area contributed by atoms with E-state index in [0.717, 1.165) is 12.1 Å². The second kappa shape index (κ2) is 11.3. The van der Waals surface area contributed by atoms with Crippen LogP contribution in [0.2, 0.25) is 0 Å². The number of fused-ring (bicyclic) bond motifs is 1. The van der Waals surface area contributed by atoms with Gasteiger partial charge in [-0.3, -0.25) is 19.2 Å². The number of aromatic nitrogens is 1. The summed E-state index contributed by atoms with van der Waals surface area (Å²) >= 11 is 0. The molecule has 0 spiro atoms. The monoisotopic (exact) mass is 558 g/mol. The summed E-state index contributed by atoms with van der Waals surface area (Å²) in [6, 6.07) is 16.4. The van der Waals surface area contributed by atoms with Gasteiger partial charge in [0, 0.05) is 28.7 Å². The largest absolute Gasteiger partial charge is 0.343 e. The number of carbonyl (C=O) groups is 3. The summed E-state index contributed by atoms with van der Waals surface area (Å²) in [5.41, 5.74) is 1.80. The molecule has 3 aromatic carbocycles. The molecule has 1 aromatic heterocycles. The molecule has 11 heteroatoms. The van der Waals surface area contributed by atoms with E-state index in [0.29, 0.717) is 33.6 Å². The van der Waals surface area contributed by atoms with E-state index >= 15 is 0 Å². The molecule has 2 heterocycles. The zero-order chi connectivity index (χ0) is 29.1. The zero-order valence-electron chi connectivity index (χ0n) is 21.2. The number of anilines is 2. The molecule has 0 fully saturated rings. The van der Waals surface area contributed by atoms with Gasteiger partial charge in [-0.1, -0.05) is 18.2 Å². The molecule has 0 atom stereocenters. The lowest BCUT2D eigenvalue weighted by Crippen LogP contribution is -2.37. The Labute approximate surface area is 231 Å². The molecule has 41 heavy (non-hydrogen) atoms. The summed E-state index contributed by atoms with van der Waals surface area (Å²) < 4.78 is 41.1. The molecule has 3 N–H and O–H groups in total. The molecular formula is C30H21F3N4O4. The molecule has 5 rings (SSSR count). The summed E-state index contributed by atoms with van der Waals surface area (Å²) in [6.07, 6.45) is 3.00. The van der Waals surface area contributed by atoms with Gasteiger partial charge in [0.2, 0.25) is 5.91 Å². The Morgan fingerprint density at radius 3 is 2.44 bits per heavy atom. The van der Waals surface area contributed by atoms with Crippen molar-refractivity contribution in [3.05, 3.63) is 129 Å². The van der Waals surface area contributed by atoms with Gasteiger partial charge in [-0.15, -0.1) is 0 Å². The van der Waals surface area contributed by atoms with Gasteiger partial charge in [0.15, 0.2) is 11.6 Å². The average Bonchev–Trinajstić information content (AvgIpc) is 3.25. The maximum absolute atomic E-state index is 13.5. The van der Waals surface area contributed by atoms with Crippen LogP contribution in [0.25, 0.3) is 11.6 Å². The van der Waals surface area contributed by atoms with E-state index < -0.39 is 41.4 Å². The number of halogens is 3. The van der Waals surface area contributed by atoms with Crippen LogP contribution in [0.1, 0.15) is 27.0 Å². The molecule has 3 amide bonds. The lowest BCUT2D eigenvalue weighted by molar-refractivity contribution is -0.115. The predicted octanol–water partition coefficient (Wildman–Crippen LogP) is 4.18. The highest BCUT2D eigenvalue weighted by molar-refractivity contribution is 6.35. The number of carbonyl (C=O) groups excluding carboxylic acids is 3.